The summed E-state index contributed by atoms with van der Waals surface area (Å²) in [4.78, 5) is 7.25. The Bertz CT molecular complexity index is 940. The summed E-state index contributed by atoms with van der Waals surface area (Å²) >= 11 is 1.60. The molecular formula is C15H8F2N2S. The maximum absolute atomic E-state index is 13.7. The molecule has 2 heterocycles. The zero-order valence-corrected chi connectivity index (χ0v) is 11.0. The predicted molar refractivity (Wildman–Crippen MR) is 76.8 cm³/mol. The number of H-pyrrole nitrogens is 1. The van der Waals surface area contributed by atoms with Crippen molar-refractivity contribution in [1.29, 1.82) is 0 Å². The number of fused-ring (bicyclic) bond motifs is 2. The first-order chi connectivity index (χ1) is 9.74. The Labute approximate surface area is 116 Å². The van der Waals surface area contributed by atoms with Gasteiger partial charge in [0.05, 0.1) is 5.52 Å². The van der Waals surface area contributed by atoms with Gasteiger partial charge in [-0.2, -0.15) is 0 Å². The molecule has 2 nitrogen and oxygen atoms in total. The number of rotatable bonds is 1. The second-order valence-corrected chi connectivity index (χ2v) is 5.40. The lowest BCUT2D eigenvalue weighted by molar-refractivity contribution is 0.515. The smallest absolute Gasteiger partial charge is 0.186 e. The molecule has 0 aliphatic carbocycles. The van der Waals surface area contributed by atoms with Crippen molar-refractivity contribution < 1.29 is 8.78 Å². The first-order valence-electron chi connectivity index (χ1n) is 6.04. The Morgan fingerprint density at radius 1 is 1.05 bits per heavy atom. The highest BCUT2D eigenvalue weighted by molar-refractivity contribution is 7.17. The van der Waals surface area contributed by atoms with Crippen molar-refractivity contribution in [2.24, 2.45) is 0 Å². The van der Waals surface area contributed by atoms with E-state index in [-0.39, 0.29) is 5.52 Å². The summed E-state index contributed by atoms with van der Waals surface area (Å²) in [5.41, 5.74) is 1.44. The van der Waals surface area contributed by atoms with Gasteiger partial charge in [-0.3, -0.25) is 0 Å². The molecule has 20 heavy (non-hydrogen) atoms. The third-order valence-electron chi connectivity index (χ3n) is 3.28. The number of aromatic amines is 1. The van der Waals surface area contributed by atoms with Gasteiger partial charge in [-0.05, 0) is 18.2 Å². The number of imidazole rings is 1. The lowest BCUT2D eigenvalue weighted by atomic mass is 10.2. The van der Waals surface area contributed by atoms with Gasteiger partial charge in [-0.25, -0.2) is 13.8 Å². The zero-order chi connectivity index (χ0) is 13.7. The first-order valence-corrected chi connectivity index (χ1v) is 6.92. The monoisotopic (exact) mass is 286 g/mol. The highest BCUT2D eigenvalue weighted by Gasteiger charge is 2.14. The van der Waals surface area contributed by atoms with Crippen molar-refractivity contribution in [3.63, 3.8) is 0 Å². The van der Waals surface area contributed by atoms with Crippen molar-refractivity contribution in [3.8, 4) is 11.4 Å². The van der Waals surface area contributed by atoms with Gasteiger partial charge >= 0.3 is 0 Å². The molecule has 0 spiro atoms. The van der Waals surface area contributed by atoms with E-state index in [1.54, 1.807) is 11.3 Å². The van der Waals surface area contributed by atoms with E-state index in [9.17, 15) is 8.78 Å². The number of aromatic nitrogens is 2. The lowest BCUT2D eigenvalue weighted by Crippen LogP contribution is -1.84. The maximum Gasteiger partial charge on any atom is 0.186 e. The zero-order valence-electron chi connectivity index (χ0n) is 10.2. The molecule has 0 fully saturated rings. The molecule has 2 aromatic heterocycles. The molecule has 2 aromatic carbocycles. The molecule has 0 saturated carbocycles. The maximum atomic E-state index is 13.7. The summed E-state index contributed by atoms with van der Waals surface area (Å²) in [5, 5.41) is 3.02. The van der Waals surface area contributed by atoms with Crippen molar-refractivity contribution in [2.75, 3.05) is 0 Å². The van der Waals surface area contributed by atoms with E-state index in [0.29, 0.717) is 11.3 Å². The van der Waals surface area contributed by atoms with Crippen LogP contribution in [0.4, 0.5) is 8.78 Å². The number of hydrogen-bond donors (Lipinski definition) is 1. The van der Waals surface area contributed by atoms with Gasteiger partial charge in [0, 0.05) is 21.0 Å². The summed E-state index contributed by atoms with van der Waals surface area (Å²) in [6.07, 6.45) is 0. The van der Waals surface area contributed by atoms with Crippen molar-refractivity contribution in [2.45, 2.75) is 0 Å². The predicted octanol–water partition coefficient (Wildman–Crippen LogP) is 4.72. The molecule has 4 aromatic rings. The van der Waals surface area contributed by atoms with Crippen molar-refractivity contribution in [1.82, 2.24) is 9.97 Å². The normalized spacial score (nSPS) is 11.5. The van der Waals surface area contributed by atoms with Gasteiger partial charge in [0.25, 0.3) is 0 Å². The quantitative estimate of drug-likeness (QED) is 0.538. The fourth-order valence-electron chi connectivity index (χ4n) is 2.31. The second kappa shape index (κ2) is 4.11. The minimum atomic E-state index is -0.912. The molecule has 0 radical (unpaired) electrons. The van der Waals surface area contributed by atoms with Crippen LogP contribution in [-0.4, -0.2) is 9.97 Å². The molecule has 0 bridgehead atoms. The number of halogens is 2. The summed E-state index contributed by atoms with van der Waals surface area (Å²) in [6, 6.07) is 10.5. The standard InChI is InChI=1S/C15H8F2N2S/c16-10-5-6-11-14(13(10)17)19-15(18-11)9-7-20-12-4-2-1-3-8(9)12/h1-7H,(H,18,19). The van der Waals surface area contributed by atoms with Crippen LogP contribution in [0.15, 0.2) is 41.8 Å². The van der Waals surface area contributed by atoms with Crippen LogP contribution in [0.2, 0.25) is 0 Å². The van der Waals surface area contributed by atoms with Crippen LogP contribution in [0.5, 0.6) is 0 Å². The Hall–Kier alpha value is -2.27. The number of hydrogen-bond acceptors (Lipinski definition) is 2. The molecule has 1 N–H and O–H groups in total. The number of benzene rings is 2. The molecule has 98 valence electrons. The fraction of sp³-hybridized carbons (Fsp3) is 0. The highest BCUT2D eigenvalue weighted by Crippen LogP contribution is 2.33. The minimum absolute atomic E-state index is 0.0373. The van der Waals surface area contributed by atoms with E-state index in [4.69, 9.17) is 0 Å². The summed E-state index contributed by atoms with van der Waals surface area (Å²) < 4.78 is 28.1. The van der Waals surface area contributed by atoms with Crippen LogP contribution in [0.1, 0.15) is 0 Å². The van der Waals surface area contributed by atoms with Gasteiger partial charge in [-0.15, -0.1) is 11.3 Å². The van der Waals surface area contributed by atoms with Gasteiger partial charge in [-0.1, -0.05) is 18.2 Å². The Morgan fingerprint density at radius 2 is 1.90 bits per heavy atom. The number of nitrogens with zero attached hydrogens (tertiary/aromatic N) is 1. The third kappa shape index (κ3) is 1.56. The summed E-state index contributed by atoms with van der Waals surface area (Å²) in [5.74, 6) is -1.24. The first kappa shape index (κ1) is 11.5. The summed E-state index contributed by atoms with van der Waals surface area (Å²) in [7, 11) is 0. The topological polar surface area (TPSA) is 28.7 Å². The molecule has 4 rings (SSSR count). The van der Waals surface area contributed by atoms with Gasteiger partial charge < -0.3 is 4.98 Å². The third-order valence-corrected chi connectivity index (χ3v) is 4.25. The number of thiophene rings is 1. The van der Waals surface area contributed by atoms with E-state index in [2.05, 4.69) is 9.97 Å². The second-order valence-electron chi connectivity index (χ2n) is 4.49. The van der Waals surface area contributed by atoms with Gasteiger partial charge in [0.1, 0.15) is 11.3 Å². The van der Waals surface area contributed by atoms with Crippen molar-refractivity contribution >= 4 is 32.5 Å². The Morgan fingerprint density at radius 3 is 2.80 bits per heavy atom. The van der Waals surface area contributed by atoms with Gasteiger partial charge in [0.15, 0.2) is 11.6 Å². The van der Waals surface area contributed by atoms with Crippen LogP contribution in [0, 0.1) is 11.6 Å². The van der Waals surface area contributed by atoms with Crippen molar-refractivity contribution in [3.05, 3.63) is 53.4 Å². The molecule has 0 amide bonds. The van der Waals surface area contributed by atoms with Crippen LogP contribution in [0.3, 0.4) is 0 Å². The molecule has 0 saturated heterocycles. The average molecular weight is 286 g/mol. The van der Waals surface area contributed by atoms with E-state index in [1.165, 1.54) is 6.07 Å². The largest absolute Gasteiger partial charge is 0.338 e. The molecule has 0 unspecified atom stereocenters. The fourth-order valence-corrected chi connectivity index (χ4v) is 3.25. The van der Waals surface area contributed by atoms with Crippen LogP contribution in [-0.2, 0) is 0 Å². The van der Waals surface area contributed by atoms with Crippen LogP contribution in [0.25, 0.3) is 32.5 Å². The van der Waals surface area contributed by atoms with Crippen LogP contribution < -0.4 is 0 Å². The van der Waals surface area contributed by atoms with Crippen LogP contribution >= 0.6 is 11.3 Å². The van der Waals surface area contributed by atoms with E-state index in [0.717, 1.165) is 21.7 Å². The number of nitrogens with one attached hydrogen (secondary N) is 1. The lowest BCUT2D eigenvalue weighted by Gasteiger charge is -1.93. The highest BCUT2D eigenvalue weighted by atomic mass is 32.1. The SMILES string of the molecule is Fc1ccc2[nH]c(-c3csc4ccccc34)nc2c1F. The van der Waals surface area contributed by atoms with E-state index >= 15 is 0 Å². The Kier molecular flexibility index (Phi) is 2.37. The summed E-state index contributed by atoms with van der Waals surface area (Å²) in [6.45, 7) is 0. The molecule has 5 heteroatoms. The Balaban J connectivity index is 2.01. The average Bonchev–Trinajstić information content (AvgIpc) is 3.06. The molecule has 0 aliphatic rings. The molecule has 0 aliphatic heterocycles. The van der Waals surface area contributed by atoms with E-state index < -0.39 is 11.6 Å². The molecular weight excluding hydrogens is 278 g/mol. The molecule has 0 atom stereocenters. The minimum Gasteiger partial charge on any atom is -0.338 e. The van der Waals surface area contributed by atoms with Gasteiger partial charge in [0.2, 0.25) is 0 Å². The van der Waals surface area contributed by atoms with E-state index in [1.807, 2.05) is 29.6 Å².